The predicted molar refractivity (Wildman–Crippen MR) is 132 cm³/mol. The van der Waals surface area contributed by atoms with E-state index in [-0.39, 0.29) is 45.6 Å². The van der Waals surface area contributed by atoms with Crippen molar-refractivity contribution in [3.8, 4) is 0 Å². The van der Waals surface area contributed by atoms with Crippen LogP contribution in [0.3, 0.4) is 0 Å². The van der Waals surface area contributed by atoms with E-state index in [4.69, 9.17) is 10.5 Å². The van der Waals surface area contributed by atoms with E-state index < -0.39 is 46.9 Å². The summed E-state index contributed by atoms with van der Waals surface area (Å²) < 4.78 is 45.5. The van der Waals surface area contributed by atoms with Gasteiger partial charge in [-0.05, 0) is 17.7 Å². The fourth-order valence-electron chi connectivity index (χ4n) is 3.91. The number of nitrogen functional groups attached to an aromatic ring is 1. The van der Waals surface area contributed by atoms with E-state index >= 15 is 0 Å². The van der Waals surface area contributed by atoms with Crippen molar-refractivity contribution in [3.63, 3.8) is 0 Å². The maximum absolute atomic E-state index is 13.6. The van der Waals surface area contributed by atoms with Crippen molar-refractivity contribution in [2.75, 3.05) is 18.1 Å². The number of alkyl halides is 3. The summed E-state index contributed by atoms with van der Waals surface area (Å²) in [6.07, 6.45) is -3.68. The molecule has 2 amide bonds. The maximum Gasteiger partial charge on any atom is 0.416 e. The highest BCUT2D eigenvalue weighted by molar-refractivity contribution is 8.00. The number of aromatic nitrogens is 1. The van der Waals surface area contributed by atoms with Crippen molar-refractivity contribution in [1.82, 2.24) is 15.2 Å². The summed E-state index contributed by atoms with van der Waals surface area (Å²) in [5.41, 5.74) is 4.03. The number of thiazole rings is 1. The lowest BCUT2D eigenvalue weighted by Gasteiger charge is -2.49. The molecule has 10 nitrogen and oxygen atoms in total. The summed E-state index contributed by atoms with van der Waals surface area (Å²) in [7, 11) is 0. The van der Waals surface area contributed by atoms with Crippen LogP contribution in [0.2, 0.25) is 0 Å². The van der Waals surface area contributed by atoms with Crippen LogP contribution in [0.25, 0.3) is 11.6 Å². The second-order valence-corrected chi connectivity index (χ2v) is 10.1. The van der Waals surface area contributed by atoms with Gasteiger partial charge in [0.15, 0.2) is 5.13 Å². The molecule has 200 valence electrons. The van der Waals surface area contributed by atoms with Crippen molar-refractivity contribution < 1.29 is 42.2 Å². The van der Waals surface area contributed by atoms with Gasteiger partial charge in [-0.25, -0.2) is 9.78 Å². The standard InChI is InChI=1S/C23H19F3N4O6S2/c1-10(31)36-7-12-8-37-20-16(19(33)30(20)17(12)21(34)35)29-18(32)13(15-9-38-22(27)28-15)6-11-4-2-3-5-14(11)23(24,25)26/h2-6,9,16,20H,7-8H2,1H3,(H2,27,28)(H,29,32)(H,34,35)/b13-6+/t16?,20-/m1/s1. The average Bonchev–Trinajstić information content (AvgIpc) is 3.28. The molecule has 1 aromatic heterocycles. The Balaban J connectivity index is 1.63. The molecular formula is C23H19F3N4O6S2. The number of carbonyl (C=O) groups excluding carboxylic acids is 3. The fourth-order valence-corrected chi connectivity index (χ4v) is 5.80. The van der Waals surface area contributed by atoms with Gasteiger partial charge in [0, 0.05) is 23.6 Å². The van der Waals surface area contributed by atoms with E-state index in [1.165, 1.54) is 23.6 Å². The minimum atomic E-state index is -4.69. The van der Waals surface area contributed by atoms with E-state index in [0.29, 0.717) is 0 Å². The molecule has 4 rings (SSSR count). The number of halogens is 3. The molecule has 0 spiro atoms. The number of nitrogens with two attached hydrogens (primary N) is 1. The number of thioether (sulfide) groups is 1. The number of aliphatic carboxylic acids is 1. The Morgan fingerprint density at radius 2 is 2.03 bits per heavy atom. The minimum Gasteiger partial charge on any atom is -0.477 e. The molecule has 2 aliphatic heterocycles. The monoisotopic (exact) mass is 568 g/mol. The van der Waals surface area contributed by atoms with Crippen LogP contribution in [0, 0.1) is 0 Å². The second kappa shape index (κ2) is 10.5. The number of amides is 2. The molecule has 0 radical (unpaired) electrons. The number of esters is 1. The van der Waals surface area contributed by atoms with Gasteiger partial charge in [0.05, 0.1) is 16.8 Å². The second-order valence-electron chi connectivity index (χ2n) is 8.11. The molecule has 1 aromatic carbocycles. The first-order valence-corrected chi connectivity index (χ1v) is 12.7. The highest BCUT2D eigenvalue weighted by atomic mass is 32.2. The average molecular weight is 569 g/mol. The number of ether oxygens (including phenoxy) is 1. The molecule has 2 aromatic rings. The molecule has 38 heavy (non-hydrogen) atoms. The molecule has 0 saturated carbocycles. The van der Waals surface area contributed by atoms with Gasteiger partial charge in [0.1, 0.15) is 23.7 Å². The zero-order valence-electron chi connectivity index (χ0n) is 19.4. The lowest BCUT2D eigenvalue weighted by atomic mass is 10.00. The van der Waals surface area contributed by atoms with Gasteiger partial charge in [0.2, 0.25) is 0 Å². The van der Waals surface area contributed by atoms with Gasteiger partial charge in [-0.3, -0.25) is 19.3 Å². The summed E-state index contributed by atoms with van der Waals surface area (Å²) in [5.74, 6) is -3.54. The lowest BCUT2D eigenvalue weighted by Crippen LogP contribution is -2.70. The Morgan fingerprint density at radius 3 is 2.63 bits per heavy atom. The number of β-lactam (4-membered cyclic amide) rings is 1. The van der Waals surface area contributed by atoms with E-state index in [2.05, 4.69) is 10.3 Å². The van der Waals surface area contributed by atoms with Crippen LogP contribution >= 0.6 is 23.1 Å². The smallest absolute Gasteiger partial charge is 0.416 e. The number of hydrogen-bond acceptors (Lipinski definition) is 9. The van der Waals surface area contributed by atoms with Crippen molar-refractivity contribution in [2.24, 2.45) is 0 Å². The number of carboxylic acids is 1. The number of carbonyl (C=O) groups is 4. The van der Waals surface area contributed by atoms with E-state index in [0.717, 1.165) is 47.1 Å². The minimum absolute atomic E-state index is 0.0108. The van der Waals surface area contributed by atoms with Crippen molar-refractivity contribution in [2.45, 2.75) is 24.5 Å². The number of carboxylic acid groups (broad SMARTS) is 1. The van der Waals surface area contributed by atoms with Crippen LogP contribution in [0.5, 0.6) is 0 Å². The highest BCUT2D eigenvalue weighted by Gasteiger charge is 2.54. The lowest BCUT2D eigenvalue weighted by molar-refractivity contribution is -0.150. The van der Waals surface area contributed by atoms with Crippen molar-refractivity contribution in [3.05, 3.63) is 57.7 Å². The van der Waals surface area contributed by atoms with Crippen LogP contribution < -0.4 is 11.1 Å². The van der Waals surface area contributed by atoms with Gasteiger partial charge >= 0.3 is 18.1 Å². The molecule has 2 atom stereocenters. The van der Waals surface area contributed by atoms with Gasteiger partial charge in [-0.15, -0.1) is 23.1 Å². The molecule has 0 bridgehead atoms. The molecule has 0 aliphatic carbocycles. The van der Waals surface area contributed by atoms with Crippen molar-refractivity contribution in [1.29, 1.82) is 0 Å². The number of nitrogens with one attached hydrogen (secondary N) is 1. The number of anilines is 1. The largest absolute Gasteiger partial charge is 0.477 e. The SMILES string of the molecule is CC(=O)OCC1=C(C(=O)O)N2C(=O)C(NC(=O)/C(=C/c3ccccc3C(F)(F)F)c3csc(N)n3)[C@H]2SC1. The first-order valence-electron chi connectivity index (χ1n) is 10.8. The molecule has 1 unspecified atom stereocenters. The normalized spacial score (nSPS) is 19.5. The van der Waals surface area contributed by atoms with Crippen molar-refractivity contribution >= 4 is 63.6 Å². The van der Waals surface area contributed by atoms with Crippen LogP contribution in [0.15, 0.2) is 40.9 Å². The molecule has 15 heteroatoms. The quantitative estimate of drug-likeness (QED) is 0.260. The zero-order chi connectivity index (χ0) is 27.8. The molecule has 4 N–H and O–H groups in total. The molecule has 3 heterocycles. The third-order valence-corrected chi connectivity index (χ3v) is 7.61. The van der Waals surface area contributed by atoms with Gasteiger partial charge < -0.3 is 20.9 Å². The molecule has 1 fully saturated rings. The highest BCUT2D eigenvalue weighted by Crippen LogP contribution is 2.41. The van der Waals surface area contributed by atoms with Crippen LogP contribution in [0.1, 0.15) is 23.7 Å². The Morgan fingerprint density at radius 1 is 1.32 bits per heavy atom. The Hall–Kier alpha value is -3.85. The fraction of sp³-hybridized carbons (Fsp3) is 0.261. The zero-order valence-corrected chi connectivity index (χ0v) is 21.1. The number of fused-ring (bicyclic) bond motifs is 1. The molecule has 1 saturated heterocycles. The van der Waals surface area contributed by atoms with Gasteiger partial charge in [-0.2, -0.15) is 13.2 Å². The molecule has 2 aliphatic rings. The summed E-state index contributed by atoms with van der Waals surface area (Å²) in [6.45, 7) is 0.850. The maximum atomic E-state index is 13.6. The van der Waals surface area contributed by atoms with E-state index in [1.807, 2.05) is 0 Å². The van der Waals surface area contributed by atoms with Crippen LogP contribution in [-0.2, 0) is 30.1 Å². The predicted octanol–water partition coefficient (Wildman–Crippen LogP) is 2.59. The first-order chi connectivity index (χ1) is 17.9. The first kappa shape index (κ1) is 27.2. The Bertz CT molecular complexity index is 1390. The number of nitrogens with zero attached hydrogens (tertiary/aromatic N) is 2. The number of hydrogen-bond donors (Lipinski definition) is 3. The topological polar surface area (TPSA) is 152 Å². The Kier molecular flexibility index (Phi) is 7.51. The van der Waals surface area contributed by atoms with Crippen LogP contribution in [0.4, 0.5) is 18.3 Å². The summed E-state index contributed by atoms with van der Waals surface area (Å²) in [5, 5.41) is 12.9. The number of benzene rings is 1. The van der Waals surface area contributed by atoms with Gasteiger partial charge in [-0.1, -0.05) is 18.2 Å². The summed E-state index contributed by atoms with van der Waals surface area (Å²) in [4.78, 5) is 54.2. The molecular weight excluding hydrogens is 549 g/mol. The van der Waals surface area contributed by atoms with E-state index in [9.17, 15) is 37.5 Å². The summed E-state index contributed by atoms with van der Waals surface area (Å²) >= 11 is 2.12. The van der Waals surface area contributed by atoms with Crippen LogP contribution in [-0.4, -0.2) is 62.5 Å². The number of rotatable bonds is 7. The Labute approximate surface area is 221 Å². The third kappa shape index (κ3) is 5.38. The van der Waals surface area contributed by atoms with E-state index in [1.54, 1.807) is 0 Å². The third-order valence-electron chi connectivity index (χ3n) is 5.59. The summed E-state index contributed by atoms with van der Waals surface area (Å²) in [6, 6.07) is 3.50. The van der Waals surface area contributed by atoms with Gasteiger partial charge in [0.25, 0.3) is 11.8 Å².